The first kappa shape index (κ1) is 30.8. The molecule has 15 heteroatoms. The number of benzene rings is 2. The molecule has 1 fully saturated rings. The van der Waals surface area contributed by atoms with E-state index in [1.54, 1.807) is 12.1 Å². The fourth-order valence-electron chi connectivity index (χ4n) is 4.12. The number of imide groups is 1. The first-order valence-electron chi connectivity index (χ1n) is 12.1. The van der Waals surface area contributed by atoms with Gasteiger partial charge in [0.2, 0.25) is 0 Å². The molecule has 1 atom stereocenters. The third-order valence-electron chi connectivity index (χ3n) is 6.12. The average Bonchev–Trinajstić information content (AvgIpc) is 3.42. The molecular weight excluding hydrogens is 558 g/mol. The van der Waals surface area contributed by atoms with Crippen molar-refractivity contribution in [2.24, 2.45) is 5.73 Å². The number of nitrogens with one attached hydrogen (secondary N) is 2. The van der Waals surface area contributed by atoms with Crippen LogP contribution >= 0.6 is 0 Å². The van der Waals surface area contributed by atoms with Crippen LogP contribution in [0.25, 0.3) is 10.9 Å². The first-order chi connectivity index (χ1) is 19.3. The normalized spacial score (nSPS) is 15.1. The van der Waals surface area contributed by atoms with Gasteiger partial charge in [-0.25, -0.2) is 14.4 Å². The summed E-state index contributed by atoms with van der Waals surface area (Å²) in [7, 11) is -3.21. The van der Waals surface area contributed by atoms with Gasteiger partial charge in [0.25, 0.3) is 5.91 Å². The number of carbonyl (C=O) groups excluding carboxylic acids is 2. The molecule has 1 aliphatic heterocycles. The lowest BCUT2D eigenvalue weighted by atomic mass is 10.0. The predicted octanol–water partition coefficient (Wildman–Crippen LogP) is 1.28. The third kappa shape index (κ3) is 8.14. The maximum absolute atomic E-state index is 13.0. The standard InChI is InChI=1S/C22H25N5O5S.C4H4O4/c1-26(33(30,31)32)17-4-2-3-15(9-17)13-27-21(28)20(25-22(27)29)11-14-5-6-19-18(10-14)16(7-8-23)12-24-19;5-3(6)1-2-4(7)8/h2-6,9-10,12,20,24H,7-8,11,13,23H2,1H3,(H,25,29)(H,30,31,32);1-2H,(H,5,6)(H,7,8)/b;2-1-. The van der Waals surface area contributed by atoms with E-state index >= 15 is 0 Å². The van der Waals surface area contributed by atoms with E-state index in [0.717, 1.165) is 33.4 Å². The van der Waals surface area contributed by atoms with E-state index < -0.39 is 34.3 Å². The fraction of sp³-hybridized carbons (Fsp3) is 0.231. The maximum Gasteiger partial charge on any atom is 0.359 e. The predicted molar refractivity (Wildman–Crippen MR) is 148 cm³/mol. The molecule has 0 spiro atoms. The minimum absolute atomic E-state index is 0.0220. The Kier molecular flexibility index (Phi) is 9.83. The number of aliphatic carboxylic acids is 2. The van der Waals surface area contributed by atoms with Crippen LogP contribution in [0.1, 0.15) is 16.7 Å². The summed E-state index contributed by atoms with van der Waals surface area (Å²) in [5.41, 5.74) is 9.45. The van der Waals surface area contributed by atoms with Crippen LogP contribution in [0.4, 0.5) is 10.5 Å². The molecule has 1 aromatic heterocycles. The number of nitrogens with zero attached hydrogens (tertiary/aromatic N) is 2. The van der Waals surface area contributed by atoms with Crippen molar-refractivity contribution in [1.29, 1.82) is 0 Å². The minimum Gasteiger partial charge on any atom is -0.478 e. The molecule has 0 radical (unpaired) electrons. The number of carbonyl (C=O) groups is 4. The molecule has 2 aromatic carbocycles. The van der Waals surface area contributed by atoms with Crippen LogP contribution < -0.4 is 15.4 Å². The number of hydrogen-bond acceptors (Lipinski definition) is 7. The Balaban J connectivity index is 0.000000507. The Morgan fingerprint density at radius 2 is 1.76 bits per heavy atom. The summed E-state index contributed by atoms with van der Waals surface area (Å²) < 4.78 is 32.7. The van der Waals surface area contributed by atoms with Crippen molar-refractivity contribution in [3.63, 3.8) is 0 Å². The zero-order valence-electron chi connectivity index (χ0n) is 21.9. The second kappa shape index (κ2) is 13.1. The van der Waals surface area contributed by atoms with Gasteiger partial charge in [-0.3, -0.25) is 18.6 Å². The van der Waals surface area contributed by atoms with Gasteiger partial charge in [-0.1, -0.05) is 18.2 Å². The van der Waals surface area contributed by atoms with Gasteiger partial charge in [-0.15, -0.1) is 0 Å². The molecular formula is C26H29N5O9S. The molecule has 7 N–H and O–H groups in total. The number of nitrogens with two attached hydrogens (primary N) is 1. The molecule has 1 saturated heterocycles. The van der Waals surface area contributed by atoms with Gasteiger partial charge < -0.3 is 26.2 Å². The Bertz CT molecular complexity index is 1580. The number of H-pyrrole nitrogens is 1. The van der Waals surface area contributed by atoms with E-state index in [4.69, 9.17) is 15.9 Å². The molecule has 41 heavy (non-hydrogen) atoms. The summed E-state index contributed by atoms with van der Waals surface area (Å²) in [5, 5.41) is 19.4. The molecule has 0 bridgehead atoms. The zero-order valence-corrected chi connectivity index (χ0v) is 22.7. The number of anilines is 1. The second-order valence-electron chi connectivity index (χ2n) is 8.99. The molecule has 4 rings (SSSR count). The van der Waals surface area contributed by atoms with Crippen molar-refractivity contribution >= 4 is 50.8 Å². The number of aromatic amines is 1. The third-order valence-corrected chi connectivity index (χ3v) is 7.02. The van der Waals surface area contributed by atoms with Crippen LogP contribution in [0.15, 0.2) is 60.8 Å². The summed E-state index contributed by atoms with van der Waals surface area (Å²) in [6, 6.07) is 10.9. The van der Waals surface area contributed by atoms with Gasteiger partial charge in [0.15, 0.2) is 0 Å². The lowest BCUT2D eigenvalue weighted by molar-refractivity contribution is -0.134. The highest BCUT2D eigenvalue weighted by molar-refractivity contribution is 7.87. The molecule has 2 heterocycles. The fourth-order valence-corrected chi connectivity index (χ4v) is 4.50. The van der Waals surface area contributed by atoms with E-state index in [0.29, 0.717) is 35.0 Å². The lowest BCUT2D eigenvalue weighted by Gasteiger charge is -2.17. The number of amides is 3. The highest BCUT2D eigenvalue weighted by Crippen LogP contribution is 2.23. The SMILES string of the molecule is CN(c1cccc(CN2C(=O)NC(Cc3ccc4[nH]cc(CCN)c4c3)C2=O)c1)S(=O)(=O)O.O=C(O)/C=C\C(=O)O. The van der Waals surface area contributed by atoms with Gasteiger partial charge in [-0.2, -0.15) is 8.42 Å². The molecule has 1 aliphatic rings. The van der Waals surface area contributed by atoms with E-state index in [-0.39, 0.29) is 18.1 Å². The molecule has 0 saturated carbocycles. The van der Waals surface area contributed by atoms with Gasteiger partial charge >= 0.3 is 28.3 Å². The average molecular weight is 588 g/mol. The van der Waals surface area contributed by atoms with Crippen LogP contribution in [0.2, 0.25) is 0 Å². The smallest absolute Gasteiger partial charge is 0.359 e. The summed E-state index contributed by atoms with van der Waals surface area (Å²) >= 11 is 0. The number of rotatable bonds is 10. The topological polar surface area (TPSA) is 223 Å². The quantitative estimate of drug-likeness (QED) is 0.113. The van der Waals surface area contributed by atoms with Crippen molar-refractivity contribution in [1.82, 2.24) is 15.2 Å². The zero-order chi connectivity index (χ0) is 30.3. The van der Waals surface area contributed by atoms with E-state index in [1.807, 2.05) is 24.4 Å². The summed E-state index contributed by atoms with van der Waals surface area (Å²) in [6.45, 7) is 0.510. The van der Waals surface area contributed by atoms with Crippen LogP contribution in [0.3, 0.4) is 0 Å². The highest BCUT2D eigenvalue weighted by atomic mass is 32.2. The summed E-state index contributed by atoms with van der Waals surface area (Å²) in [4.78, 5) is 48.9. The van der Waals surface area contributed by atoms with Crippen LogP contribution in [0, 0.1) is 0 Å². The van der Waals surface area contributed by atoms with E-state index in [9.17, 15) is 32.1 Å². The monoisotopic (exact) mass is 587 g/mol. The highest BCUT2D eigenvalue weighted by Gasteiger charge is 2.38. The maximum atomic E-state index is 13.0. The van der Waals surface area contributed by atoms with Crippen molar-refractivity contribution < 1.29 is 42.4 Å². The van der Waals surface area contributed by atoms with Crippen molar-refractivity contribution in [3.05, 3.63) is 77.5 Å². The molecule has 3 amide bonds. The van der Waals surface area contributed by atoms with Crippen LogP contribution in [-0.4, -0.2) is 76.6 Å². The Morgan fingerprint density at radius 3 is 2.37 bits per heavy atom. The lowest BCUT2D eigenvalue weighted by Crippen LogP contribution is -2.32. The molecule has 14 nitrogen and oxygen atoms in total. The number of carboxylic acid groups (broad SMARTS) is 2. The first-order valence-corrected chi connectivity index (χ1v) is 13.5. The van der Waals surface area contributed by atoms with Gasteiger partial charge in [0, 0.05) is 42.7 Å². The summed E-state index contributed by atoms with van der Waals surface area (Å²) in [5.74, 6) is -2.87. The second-order valence-corrected chi connectivity index (χ2v) is 10.4. The Morgan fingerprint density at radius 1 is 1.07 bits per heavy atom. The van der Waals surface area contributed by atoms with Crippen LogP contribution in [0.5, 0.6) is 0 Å². The Hall–Kier alpha value is -4.73. The van der Waals surface area contributed by atoms with E-state index in [1.165, 1.54) is 19.2 Å². The molecule has 3 aromatic rings. The summed E-state index contributed by atoms with van der Waals surface area (Å²) in [6.07, 6.45) is 4.13. The van der Waals surface area contributed by atoms with Crippen LogP contribution in [-0.2, 0) is 44.1 Å². The number of urea groups is 1. The van der Waals surface area contributed by atoms with Gasteiger partial charge in [0.1, 0.15) is 6.04 Å². The van der Waals surface area contributed by atoms with Crippen molar-refractivity contribution in [3.8, 4) is 0 Å². The van der Waals surface area contributed by atoms with Crippen molar-refractivity contribution in [2.75, 3.05) is 17.9 Å². The largest absolute Gasteiger partial charge is 0.478 e. The number of carboxylic acids is 2. The number of aromatic nitrogens is 1. The molecule has 0 aliphatic carbocycles. The minimum atomic E-state index is -4.42. The Labute approximate surface area is 234 Å². The van der Waals surface area contributed by atoms with Gasteiger partial charge in [0.05, 0.1) is 12.2 Å². The van der Waals surface area contributed by atoms with Crippen molar-refractivity contribution in [2.45, 2.75) is 25.4 Å². The number of hydrogen-bond donors (Lipinski definition) is 6. The molecule has 218 valence electrons. The van der Waals surface area contributed by atoms with E-state index in [2.05, 4.69) is 10.3 Å². The molecule has 1 unspecified atom stereocenters. The van der Waals surface area contributed by atoms with Gasteiger partial charge in [-0.05, 0) is 53.9 Å². The number of fused-ring (bicyclic) bond motifs is 1.